The second-order valence-corrected chi connectivity index (χ2v) is 8.73. The molecule has 0 radical (unpaired) electrons. The Hall–Kier alpha value is -3.80. The first-order valence-corrected chi connectivity index (χ1v) is 10.9. The number of amides is 1. The van der Waals surface area contributed by atoms with E-state index in [1.807, 2.05) is 6.92 Å². The molecule has 0 saturated carbocycles. The Morgan fingerprint density at radius 1 is 1.23 bits per heavy atom. The number of aromatic hydroxyl groups is 1. The van der Waals surface area contributed by atoms with Crippen LogP contribution in [-0.2, 0) is 19.3 Å². The van der Waals surface area contributed by atoms with Gasteiger partial charge in [-0.2, -0.15) is 13.2 Å². The number of halogens is 4. The number of alkyl halides is 3. The molecule has 0 saturated heterocycles. The van der Waals surface area contributed by atoms with Gasteiger partial charge in [0.1, 0.15) is 23.0 Å². The number of nitrogens with zero attached hydrogens (tertiary/aromatic N) is 6. The summed E-state index contributed by atoms with van der Waals surface area (Å²) in [7, 11) is 0. The number of carbonyl (C=O) groups excluding carboxylic acids is 1. The third-order valence-electron chi connectivity index (χ3n) is 6.06. The van der Waals surface area contributed by atoms with Gasteiger partial charge in [-0.3, -0.25) is 9.36 Å². The van der Waals surface area contributed by atoms with Crippen LogP contribution in [0, 0.1) is 13.8 Å². The summed E-state index contributed by atoms with van der Waals surface area (Å²) in [5, 5.41) is 14.5. The van der Waals surface area contributed by atoms with Crippen LogP contribution in [0.2, 0.25) is 5.02 Å². The maximum absolute atomic E-state index is 13.7. The highest BCUT2D eigenvalue weighted by molar-refractivity contribution is 6.31. The van der Waals surface area contributed by atoms with Crippen molar-refractivity contribution in [3.63, 3.8) is 0 Å². The lowest BCUT2D eigenvalue weighted by molar-refractivity contribution is -0.145. The smallest absolute Gasteiger partial charge is 0.453 e. The highest BCUT2D eigenvalue weighted by atomic mass is 35.5. The van der Waals surface area contributed by atoms with E-state index in [4.69, 9.17) is 17.3 Å². The quantitative estimate of drug-likeness (QED) is 0.427. The number of phenolic OH excluding ortho intramolecular Hbond substituents is 1. The van der Waals surface area contributed by atoms with Gasteiger partial charge in [-0.25, -0.2) is 14.6 Å². The maximum Gasteiger partial charge on any atom is 0.453 e. The van der Waals surface area contributed by atoms with Crippen LogP contribution in [0.15, 0.2) is 24.4 Å². The fourth-order valence-electron chi connectivity index (χ4n) is 4.37. The first kappa shape index (κ1) is 23.0. The first-order chi connectivity index (χ1) is 16.5. The Kier molecular flexibility index (Phi) is 5.16. The molecule has 3 aromatic heterocycles. The largest absolute Gasteiger partial charge is 0.508 e. The SMILES string of the molecule is Cc1ccc(O)c(C)c1-n1c(N)c(C(=O)N2CCn3nc(C(F)(F)F)nc3C2)c2cc(Cl)cnc21. The standard InChI is InChI=1S/C22H19ClF3N7O2/c1-10-3-4-14(34)11(2)17(10)33-18(27)16(13-7-12(23)8-28-19(13)33)20(35)31-5-6-32-15(9-31)29-21(30-32)22(24,25)26/h3-4,7-8,34H,5-6,9,27H2,1-2H3. The first-order valence-electron chi connectivity index (χ1n) is 10.5. The Labute approximate surface area is 201 Å². The number of anilines is 1. The molecule has 13 heteroatoms. The van der Waals surface area contributed by atoms with E-state index in [0.717, 1.165) is 10.2 Å². The second-order valence-electron chi connectivity index (χ2n) is 8.29. The molecule has 0 spiro atoms. The summed E-state index contributed by atoms with van der Waals surface area (Å²) < 4.78 is 41.9. The van der Waals surface area contributed by atoms with Crippen molar-refractivity contribution in [2.75, 3.05) is 12.3 Å². The Morgan fingerprint density at radius 3 is 2.69 bits per heavy atom. The molecule has 0 bridgehead atoms. The molecular weight excluding hydrogens is 487 g/mol. The molecule has 1 aromatic carbocycles. The minimum atomic E-state index is -4.68. The van der Waals surface area contributed by atoms with Crippen LogP contribution >= 0.6 is 11.6 Å². The van der Waals surface area contributed by atoms with Crippen LogP contribution in [0.25, 0.3) is 16.7 Å². The van der Waals surface area contributed by atoms with Crippen LogP contribution < -0.4 is 5.73 Å². The number of nitrogens with two attached hydrogens (primary N) is 1. The van der Waals surface area contributed by atoms with Gasteiger partial charge in [0.05, 0.1) is 29.4 Å². The molecule has 0 fully saturated rings. The lowest BCUT2D eigenvalue weighted by Gasteiger charge is -2.26. The predicted octanol–water partition coefficient (Wildman–Crippen LogP) is 3.85. The zero-order valence-corrected chi connectivity index (χ0v) is 19.3. The summed E-state index contributed by atoms with van der Waals surface area (Å²) in [5.74, 6) is -1.61. The van der Waals surface area contributed by atoms with Crippen molar-refractivity contribution in [2.45, 2.75) is 33.1 Å². The van der Waals surface area contributed by atoms with E-state index in [1.165, 1.54) is 11.1 Å². The average molecular weight is 506 g/mol. The number of nitrogen functional groups attached to an aromatic ring is 1. The van der Waals surface area contributed by atoms with Gasteiger partial charge in [-0.15, -0.1) is 5.10 Å². The predicted molar refractivity (Wildman–Crippen MR) is 121 cm³/mol. The Bertz CT molecular complexity index is 1510. The maximum atomic E-state index is 13.7. The molecule has 1 amide bonds. The highest BCUT2D eigenvalue weighted by Gasteiger charge is 2.38. The summed E-state index contributed by atoms with van der Waals surface area (Å²) in [6, 6.07) is 4.84. The number of phenols is 1. The number of rotatable bonds is 2. The van der Waals surface area contributed by atoms with Crippen LogP contribution in [0.1, 0.15) is 33.1 Å². The molecule has 0 aliphatic carbocycles. The van der Waals surface area contributed by atoms with Gasteiger partial charge in [0, 0.05) is 23.7 Å². The number of aryl methyl sites for hydroxylation is 1. The monoisotopic (exact) mass is 505 g/mol. The van der Waals surface area contributed by atoms with E-state index in [0.29, 0.717) is 22.3 Å². The normalized spacial score (nSPS) is 13.9. The molecular formula is C22H19ClF3N7O2. The van der Waals surface area contributed by atoms with Crippen LogP contribution in [0.5, 0.6) is 5.75 Å². The summed E-state index contributed by atoms with van der Waals surface area (Å²) in [6.07, 6.45) is -3.26. The fourth-order valence-corrected chi connectivity index (χ4v) is 4.52. The molecule has 3 N–H and O–H groups in total. The molecule has 1 aliphatic rings. The van der Waals surface area contributed by atoms with Crippen LogP contribution in [0.4, 0.5) is 19.0 Å². The van der Waals surface area contributed by atoms with Gasteiger partial charge in [0.15, 0.2) is 0 Å². The van der Waals surface area contributed by atoms with Gasteiger partial charge in [-0.05, 0) is 31.5 Å². The number of carbonyl (C=O) groups is 1. The van der Waals surface area contributed by atoms with Gasteiger partial charge in [0.2, 0.25) is 0 Å². The van der Waals surface area contributed by atoms with Crippen molar-refractivity contribution in [1.82, 2.24) is 29.2 Å². The zero-order valence-electron chi connectivity index (χ0n) is 18.6. The number of aromatic nitrogens is 5. The van der Waals surface area contributed by atoms with E-state index in [1.54, 1.807) is 29.7 Å². The summed E-state index contributed by atoms with van der Waals surface area (Å²) in [4.78, 5) is 23.0. The Morgan fingerprint density at radius 2 is 1.97 bits per heavy atom. The zero-order chi connectivity index (χ0) is 25.2. The molecule has 0 unspecified atom stereocenters. The Balaban J connectivity index is 1.64. The lowest BCUT2D eigenvalue weighted by Crippen LogP contribution is -2.39. The summed E-state index contributed by atoms with van der Waals surface area (Å²) in [6.45, 7) is 3.53. The van der Waals surface area contributed by atoms with E-state index in [-0.39, 0.29) is 47.6 Å². The van der Waals surface area contributed by atoms with Gasteiger partial charge in [-0.1, -0.05) is 17.7 Å². The number of fused-ring (bicyclic) bond motifs is 2. The molecule has 35 heavy (non-hydrogen) atoms. The van der Waals surface area contributed by atoms with Gasteiger partial charge in [0.25, 0.3) is 11.7 Å². The number of hydrogen-bond donors (Lipinski definition) is 2. The summed E-state index contributed by atoms with van der Waals surface area (Å²) in [5.41, 5.74) is 8.87. The fraction of sp³-hybridized carbons (Fsp3) is 0.273. The topological polar surface area (TPSA) is 115 Å². The van der Waals surface area contributed by atoms with Gasteiger partial charge < -0.3 is 15.7 Å². The van der Waals surface area contributed by atoms with Crippen molar-refractivity contribution in [1.29, 1.82) is 0 Å². The summed E-state index contributed by atoms with van der Waals surface area (Å²) >= 11 is 6.18. The number of hydrogen-bond acceptors (Lipinski definition) is 6. The van der Waals surface area contributed by atoms with E-state index in [2.05, 4.69) is 15.1 Å². The lowest BCUT2D eigenvalue weighted by atomic mass is 10.1. The van der Waals surface area contributed by atoms with Crippen molar-refractivity contribution in [3.05, 3.63) is 57.8 Å². The number of pyridine rings is 1. The van der Waals surface area contributed by atoms with Crippen molar-refractivity contribution >= 4 is 34.4 Å². The van der Waals surface area contributed by atoms with Gasteiger partial charge >= 0.3 is 6.18 Å². The van der Waals surface area contributed by atoms with Crippen LogP contribution in [-0.4, -0.2) is 46.8 Å². The van der Waals surface area contributed by atoms with Crippen molar-refractivity contribution < 1.29 is 23.1 Å². The third kappa shape index (κ3) is 3.64. The molecule has 1 aliphatic heterocycles. The van der Waals surface area contributed by atoms with Crippen molar-refractivity contribution in [2.24, 2.45) is 0 Å². The molecule has 5 rings (SSSR count). The molecule has 182 valence electrons. The second kappa shape index (κ2) is 7.87. The number of benzene rings is 1. The molecule has 0 atom stereocenters. The third-order valence-corrected chi connectivity index (χ3v) is 6.26. The highest BCUT2D eigenvalue weighted by Crippen LogP contribution is 2.37. The van der Waals surface area contributed by atoms with Crippen molar-refractivity contribution in [3.8, 4) is 11.4 Å². The molecule has 9 nitrogen and oxygen atoms in total. The minimum absolute atomic E-state index is 0.0232. The molecule has 4 aromatic rings. The average Bonchev–Trinajstić information content (AvgIpc) is 3.35. The van der Waals surface area contributed by atoms with E-state index < -0.39 is 17.9 Å². The van der Waals surface area contributed by atoms with E-state index >= 15 is 0 Å². The minimum Gasteiger partial charge on any atom is -0.508 e. The van der Waals surface area contributed by atoms with Crippen LogP contribution in [0.3, 0.4) is 0 Å². The van der Waals surface area contributed by atoms with E-state index in [9.17, 15) is 23.1 Å². The molecule has 4 heterocycles.